The van der Waals surface area contributed by atoms with E-state index in [-0.39, 0.29) is 40.3 Å². The van der Waals surface area contributed by atoms with Gasteiger partial charge in [-0.05, 0) is 18.6 Å². The average molecular weight is 505 g/mol. The zero-order chi connectivity index (χ0) is 25.1. The number of methoxy groups -OCH3 is 2. The highest BCUT2D eigenvalue weighted by molar-refractivity contribution is 7.20. The van der Waals surface area contributed by atoms with E-state index in [1.54, 1.807) is 0 Å². The molecular formula is C23H22F2N4O5S. The van der Waals surface area contributed by atoms with Crippen LogP contribution in [-0.4, -0.2) is 61.2 Å². The van der Waals surface area contributed by atoms with Gasteiger partial charge in [-0.2, -0.15) is 0 Å². The molecule has 3 heterocycles. The summed E-state index contributed by atoms with van der Waals surface area (Å²) in [5, 5.41) is 5.99. The highest BCUT2D eigenvalue weighted by Gasteiger charge is 2.29. The number of rotatable bonds is 8. The molecule has 1 saturated heterocycles. The summed E-state index contributed by atoms with van der Waals surface area (Å²) in [6.45, 7) is 4.29. The number of carbonyl (C=O) groups is 2. The molecule has 2 unspecified atom stereocenters. The van der Waals surface area contributed by atoms with Crippen LogP contribution in [0, 0.1) is 11.6 Å². The molecule has 0 saturated carbocycles. The second-order valence-electron chi connectivity index (χ2n) is 7.60. The number of carbonyl (C=O) groups excluding carboxylic acids is 2. The van der Waals surface area contributed by atoms with E-state index in [4.69, 9.17) is 14.2 Å². The van der Waals surface area contributed by atoms with Gasteiger partial charge in [0.15, 0.2) is 23.1 Å². The molecule has 2 aromatic heterocycles. The van der Waals surface area contributed by atoms with Gasteiger partial charge in [-0.1, -0.05) is 6.58 Å². The van der Waals surface area contributed by atoms with Gasteiger partial charge in [-0.3, -0.25) is 9.59 Å². The van der Waals surface area contributed by atoms with Crippen molar-refractivity contribution in [1.82, 2.24) is 15.3 Å². The van der Waals surface area contributed by atoms with E-state index >= 15 is 0 Å². The number of anilines is 1. The molecule has 1 fully saturated rings. The van der Waals surface area contributed by atoms with Gasteiger partial charge in [-0.25, -0.2) is 18.7 Å². The van der Waals surface area contributed by atoms with Gasteiger partial charge in [0.25, 0.3) is 0 Å². The van der Waals surface area contributed by atoms with Gasteiger partial charge in [0, 0.05) is 12.7 Å². The van der Waals surface area contributed by atoms with Crippen molar-refractivity contribution in [2.75, 3.05) is 32.8 Å². The molecule has 1 aliphatic rings. The summed E-state index contributed by atoms with van der Waals surface area (Å²) in [5.41, 5.74) is -0.367. The lowest BCUT2D eigenvalue weighted by Gasteiger charge is -2.32. The molecular weight excluding hydrogens is 482 g/mol. The number of nitrogens with zero attached hydrogens (tertiary/aromatic N) is 2. The number of benzene rings is 1. The topological polar surface area (TPSA) is 112 Å². The first-order chi connectivity index (χ1) is 16.9. The summed E-state index contributed by atoms with van der Waals surface area (Å²) in [7, 11) is 2.41. The summed E-state index contributed by atoms with van der Waals surface area (Å²) in [4.78, 5) is 33.6. The average Bonchev–Trinajstić information content (AvgIpc) is 3.29. The Morgan fingerprint density at radius 3 is 2.57 bits per heavy atom. The number of nitrogens with one attached hydrogen (secondary N) is 2. The molecule has 12 heteroatoms. The monoisotopic (exact) mass is 504 g/mol. The fourth-order valence-corrected chi connectivity index (χ4v) is 4.60. The Balaban J connectivity index is 1.62. The Morgan fingerprint density at radius 2 is 1.91 bits per heavy atom. The van der Waals surface area contributed by atoms with Crippen LogP contribution in [0.3, 0.4) is 0 Å². The van der Waals surface area contributed by atoms with E-state index in [1.807, 2.05) is 0 Å². The molecule has 0 spiro atoms. The first kappa shape index (κ1) is 24.5. The molecule has 35 heavy (non-hydrogen) atoms. The molecule has 184 valence electrons. The van der Waals surface area contributed by atoms with Gasteiger partial charge in [0.1, 0.15) is 5.56 Å². The minimum Gasteiger partial charge on any atom is -0.494 e. The molecule has 1 aromatic carbocycles. The normalized spacial score (nSPS) is 17.6. The van der Waals surface area contributed by atoms with E-state index in [0.29, 0.717) is 29.9 Å². The maximum absolute atomic E-state index is 14.8. The van der Waals surface area contributed by atoms with Crippen LogP contribution >= 0.6 is 11.3 Å². The molecule has 9 nitrogen and oxygen atoms in total. The quantitative estimate of drug-likeness (QED) is 0.356. The summed E-state index contributed by atoms with van der Waals surface area (Å²) in [6, 6.07) is 1.96. The second kappa shape index (κ2) is 10.3. The molecule has 1 amide bonds. The fraction of sp³-hybridized carbons (Fsp3) is 0.304. The number of halogens is 2. The standard InChI is InChI=1S/C23H22F2N4O5S/c1-4-18(30)27-11-5-6-34-10-13(11)29-23-26-9-17-12(28-23)7-16(35-17)22(31)19-20(24)14(32-2)8-15(33-3)21(19)25/h4,7-9,11,13H,1,5-6,10H2,2-3H3,(H,27,30)(H,26,28,29). The third kappa shape index (κ3) is 4.93. The van der Waals surface area contributed by atoms with E-state index < -0.39 is 23.0 Å². The van der Waals surface area contributed by atoms with Crippen LogP contribution in [0.25, 0.3) is 10.2 Å². The van der Waals surface area contributed by atoms with Crippen LogP contribution in [-0.2, 0) is 9.53 Å². The highest BCUT2D eigenvalue weighted by Crippen LogP contribution is 2.35. The largest absolute Gasteiger partial charge is 0.494 e. The molecule has 1 aliphatic heterocycles. The summed E-state index contributed by atoms with van der Waals surface area (Å²) in [5.74, 6) is -3.78. The van der Waals surface area contributed by atoms with Crippen LogP contribution in [0.5, 0.6) is 11.5 Å². The molecule has 3 aromatic rings. The lowest BCUT2D eigenvalue weighted by atomic mass is 10.0. The van der Waals surface area contributed by atoms with Crippen LogP contribution in [0.2, 0.25) is 0 Å². The number of hydrogen-bond donors (Lipinski definition) is 2. The van der Waals surface area contributed by atoms with Crippen molar-refractivity contribution in [3.05, 3.63) is 53.1 Å². The predicted molar refractivity (Wildman–Crippen MR) is 125 cm³/mol. The van der Waals surface area contributed by atoms with Gasteiger partial charge in [0.05, 0.1) is 54.2 Å². The first-order valence-corrected chi connectivity index (χ1v) is 11.4. The van der Waals surface area contributed by atoms with E-state index in [1.165, 1.54) is 32.6 Å². The van der Waals surface area contributed by atoms with Crippen molar-refractivity contribution in [2.45, 2.75) is 18.5 Å². The van der Waals surface area contributed by atoms with Crippen molar-refractivity contribution in [1.29, 1.82) is 0 Å². The van der Waals surface area contributed by atoms with Crippen molar-refractivity contribution in [3.63, 3.8) is 0 Å². The maximum Gasteiger partial charge on any atom is 0.243 e. The molecule has 4 rings (SSSR count). The molecule has 2 atom stereocenters. The van der Waals surface area contributed by atoms with Gasteiger partial charge in [-0.15, -0.1) is 11.3 Å². The number of ether oxygens (including phenoxy) is 3. The Morgan fingerprint density at radius 1 is 1.20 bits per heavy atom. The fourth-order valence-electron chi connectivity index (χ4n) is 3.69. The van der Waals surface area contributed by atoms with Crippen LogP contribution in [0.4, 0.5) is 14.7 Å². The zero-order valence-corrected chi connectivity index (χ0v) is 19.7. The zero-order valence-electron chi connectivity index (χ0n) is 18.9. The van der Waals surface area contributed by atoms with E-state index in [2.05, 4.69) is 27.2 Å². The number of fused-ring (bicyclic) bond motifs is 1. The molecule has 2 N–H and O–H groups in total. The smallest absolute Gasteiger partial charge is 0.243 e. The molecule has 0 radical (unpaired) electrons. The Hall–Kier alpha value is -3.64. The van der Waals surface area contributed by atoms with Crippen LogP contribution < -0.4 is 20.1 Å². The van der Waals surface area contributed by atoms with Crippen molar-refractivity contribution >= 4 is 39.2 Å². The predicted octanol–water partition coefficient (Wildman–Crippen LogP) is 3.09. The summed E-state index contributed by atoms with van der Waals surface area (Å²) in [6.07, 6.45) is 3.30. The third-order valence-corrected chi connectivity index (χ3v) is 6.54. The molecule has 0 bridgehead atoms. The van der Waals surface area contributed by atoms with Crippen LogP contribution in [0.15, 0.2) is 31.0 Å². The van der Waals surface area contributed by atoms with E-state index in [0.717, 1.165) is 17.4 Å². The second-order valence-corrected chi connectivity index (χ2v) is 8.68. The van der Waals surface area contributed by atoms with Crippen molar-refractivity contribution in [3.8, 4) is 11.5 Å². The maximum atomic E-state index is 14.8. The minimum atomic E-state index is -1.12. The first-order valence-electron chi connectivity index (χ1n) is 10.5. The number of aromatic nitrogens is 2. The minimum absolute atomic E-state index is 0.0664. The Labute approximate surface area is 203 Å². The Bertz CT molecular complexity index is 1270. The van der Waals surface area contributed by atoms with Crippen molar-refractivity contribution in [2.24, 2.45) is 0 Å². The summed E-state index contributed by atoms with van der Waals surface area (Å²) < 4.78 is 45.5. The number of amides is 1. The number of ketones is 1. The summed E-state index contributed by atoms with van der Waals surface area (Å²) >= 11 is 1.00. The van der Waals surface area contributed by atoms with Gasteiger partial charge < -0.3 is 24.8 Å². The lowest BCUT2D eigenvalue weighted by molar-refractivity contribution is -0.117. The third-order valence-electron chi connectivity index (χ3n) is 5.48. The van der Waals surface area contributed by atoms with Gasteiger partial charge in [0.2, 0.25) is 17.6 Å². The van der Waals surface area contributed by atoms with Crippen LogP contribution in [0.1, 0.15) is 21.7 Å². The van der Waals surface area contributed by atoms with E-state index in [9.17, 15) is 18.4 Å². The Kier molecular flexibility index (Phi) is 7.22. The number of thiophene rings is 1. The highest BCUT2D eigenvalue weighted by atomic mass is 32.1. The number of hydrogen-bond acceptors (Lipinski definition) is 9. The molecule has 0 aliphatic carbocycles. The lowest BCUT2D eigenvalue weighted by Crippen LogP contribution is -2.52. The van der Waals surface area contributed by atoms with Gasteiger partial charge >= 0.3 is 0 Å². The SMILES string of the molecule is C=CC(=O)NC1CCOCC1Nc1ncc2sc(C(=O)c3c(F)c(OC)cc(OC)c3F)cc2n1. The van der Waals surface area contributed by atoms with Crippen molar-refractivity contribution < 1.29 is 32.6 Å².